The molecule has 7 aromatic rings. The van der Waals surface area contributed by atoms with Gasteiger partial charge in [0, 0.05) is 41.1 Å². The highest BCUT2D eigenvalue weighted by molar-refractivity contribution is 5.81. The van der Waals surface area contributed by atoms with Crippen molar-refractivity contribution in [1.82, 2.24) is 29.3 Å². The van der Waals surface area contributed by atoms with E-state index in [1.807, 2.05) is 65.5 Å². The first-order valence-corrected chi connectivity index (χ1v) is 15.5. The van der Waals surface area contributed by atoms with Gasteiger partial charge in [0.25, 0.3) is 5.89 Å². The Balaban J connectivity index is 1.40. The molecule has 11 heteroatoms. The number of pyridine rings is 1. The maximum absolute atomic E-state index is 15.7. The van der Waals surface area contributed by atoms with Crippen molar-refractivity contribution in [2.45, 2.75) is 18.4 Å². The van der Waals surface area contributed by atoms with Crippen LogP contribution in [0.2, 0.25) is 0 Å². The van der Waals surface area contributed by atoms with Crippen LogP contribution in [0.5, 0.6) is 0 Å². The van der Waals surface area contributed by atoms with Crippen molar-refractivity contribution >= 4 is 5.65 Å². The number of nitrogens with zero attached hydrogens (tertiary/aromatic N) is 6. The van der Waals surface area contributed by atoms with Crippen LogP contribution in [0, 0.1) is 17.6 Å². The number of aromatic nitrogens is 6. The van der Waals surface area contributed by atoms with Crippen LogP contribution in [0.3, 0.4) is 0 Å². The Morgan fingerprint density at radius 3 is 2.24 bits per heavy atom. The molecule has 0 saturated heterocycles. The molecule has 0 spiro atoms. The first kappa shape index (κ1) is 30.2. The number of fused-ring (bicyclic) bond motifs is 1. The summed E-state index contributed by atoms with van der Waals surface area (Å²) in [7, 11) is 0. The molecule has 0 fully saturated rings. The van der Waals surface area contributed by atoms with Gasteiger partial charge in [-0.1, -0.05) is 90.1 Å². The van der Waals surface area contributed by atoms with E-state index in [-0.39, 0.29) is 23.0 Å². The maximum Gasteiger partial charge on any atom is 0.315 e. The minimum Gasteiger partial charge on any atom is -0.333 e. The summed E-state index contributed by atoms with van der Waals surface area (Å²) in [6.07, 6.45) is 11.1. The highest BCUT2D eigenvalue weighted by Gasteiger charge is 2.44. The molecule has 49 heavy (non-hydrogen) atoms. The predicted molar refractivity (Wildman–Crippen MR) is 175 cm³/mol. The zero-order valence-corrected chi connectivity index (χ0v) is 25.7. The fourth-order valence-electron chi connectivity index (χ4n) is 6.68. The lowest BCUT2D eigenvalue weighted by atomic mass is 9.70. The van der Waals surface area contributed by atoms with E-state index in [4.69, 9.17) is 9.62 Å². The largest absolute Gasteiger partial charge is 0.333 e. The molecule has 3 aromatic carbocycles. The van der Waals surface area contributed by atoms with Crippen molar-refractivity contribution in [3.05, 3.63) is 163 Å². The normalized spacial score (nSPS) is 14.7. The van der Waals surface area contributed by atoms with Crippen LogP contribution < -0.4 is 0 Å². The third-order valence-corrected chi connectivity index (χ3v) is 8.88. The van der Waals surface area contributed by atoms with Gasteiger partial charge >= 0.3 is 6.43 Å². The lowest BCUT2D eigenvalue weighted by Crippen LogP contribution is -2.43. The third kappa shape index (κ3) is 5.14. The van der Waals surface area contributed by atoms with E-state index >= 15 is 4.39 Å². The first-order valence-electron chi connectivity index (χ1n) is 15.5. The van der Waals surface area contributed by atoms with E-state index in [0.29, 0.717) is 28.9 Å². The quantitative estimate of drug-likeness (QED) is 0.152. The smallest absolute Gasteiger partial charge is 0.315 e. The number of hydrogen-bond acceptors (Lipinski definition) is 5. The fraction of sp³-hybridized carbons (Fsp3) is 0.105. The van der Waals surface area contributed by atoms with Crippen LogP contribution in [0.1, 0.15) is 29.9 Å². The second-order valence-electron chi connectivity index (χ2n) is 11.7. The molecule has 1 atom stereocenters. The minimum atomic E-state index is -2.93. The average molecular weight is 659 g/mol. The molecule has 1 aliphatic rings. The van der Waals surface area contributed by atoms with Gasteiger partial charge in [0.1, 0.15) is 34.2 Å². The Kier molecular flexibility index (Phi) is 7.51. The maximum atomic E-state index is 15.7. The molecule has 0 radical (unpaired) electrons. The van der Waals surface area contributed by atoms with Gasteiger partial charge in [-0.2, -0.15) is 18.9 Å². The molecule has 0 aliphatic heterocycles. The summed E-state index contributed by atoms with van der Waals surface area (Å²) in [4.78, 5) is 8.23. The third-order valence-electron chi connectivity index (χ3n) is 8.88. The zero-order valence-electron chi connectivity index (χ0n) is 25.7. The summed E-state index contributed by atoms with van der Waals surface area (Å²) in [6, 6.07) is 27.0. The van der Waals surface area contributed by atoms with Crippen molar-refractivity contribution in [1.29, 1.82) is 0 Å². The van der Waals surface area contributed by atoms with Gasteiger partial charge in [-0.15, -0.1) is 0 Å². The Morgan fingerprint density at radius 2 is 1.59 bits per heavy atom. The number of hydrogen-bond donors (Lipinski definition) is 0. The monoisotopic (exact) mass is 658 g/mol. The summed E-state index contributed by atoms with van der Waals surface area (Å²) in [5, 5.41) is 8.90. The van der Waals surface area contributed by atoms with Crippen LogP contribution in [0.4, 0.5) is 17.6 Å². The minimum absolute atomic E-state index is 0.0650. The van der Waals surface area contributed by atoms with Crippen LogP contribution in [0.25, 0.3) is 39.5 Å². The zero-order chi connectivity index (χ0) is 33.5. The Labute approximate surface area is 277 Å². The number of allylic oxidation sites excluding steroid dienone is 4. The van der Waals surface area contributed by atoms with E-state index in [0.717, 1.165) is 17.2 Å². The van der Waals surface area contributed by atoms with Crippen molar-refractivity contribution < 1.29 is 22.1 Å². The van der Waals surface area contributed by atoms with E-state index in [9.17, 15) is 13.2 Å². The van der Waals surface area contributed by atoms with Gasteiger partial charge in [0.05, 0.1) is 6.20 Å². The molecule has 1 unspecified atom stereocenters. The summed E-state index contributed by atoms with van der Waals surface area (Å²) >= 11 is 0. The van der Waals surface area contributed by atoms with Crippen molar-refractivity contribution in [3.63, 3.8) is 0 Å². The standard InChI is InChI=1S/C38H26F4N6O/c39-28-17-18-29(31(40)20-28)34-30(24-16-19-33-43-21-32(47(33)22-24)36-44-37(35(41)42)49-46-36)23-48(45-34)38(25-10-4-1-5-11-25,26-12-6-2-7-13-26)27-14-8-3-9-15-27/h1-14,16-23,27,35H,15H2. The number of rotatable bonds is 8. The molecular weight excluding hydrogens is 632 g/mol. The topological polar surface area (TPSA) is 74.0 Å². The Morgan fingerprint density at radius 1 is 0.837 bits per heavy atom. The van der Waals surface area contributed by atoms with E-state index < -0.39 is 29.5 Å². The van der Waals surface area contributed by atoms with Gasteiger partial charge in [-0.05, 0) is 41.8 Å². The second kappa shape index (κ2) is 12.2. The molecule has 8 rings (SSSR count). The van der Waals surface area contributed by atoms with E-state index in [1.54, 1.807) is 16.7 Å². The molecule has 0 saturated carbocycles. The Hall–Kier alpha value is -6.10. The number of halogens is 4. The average Bonchev–Trinajstić information content (AvgIpc) is 3.89. The summed E-state index contributed by atoms with van der Waals surface area (Å²) in [6.45, 7) is 0. The first-order chi connectivity index (χ1) is 23.9. The molecule has 0 amide bonds. The second-order valence-corrected chi connectivity index (χ2v) is 11.7. The molecule has 0 N–H and O–H groups in total. The van der Waals surface area contributed by atoms with Crippen LogP contribution in [-0.4, -0.2) is 29.3 Å². The summed E-state index contributed by atoms with van der Waals surface area (Å²) in [5.41, 5.74) is 3.37. The molecule has 242 valence electrons. The Bertz CT molecular complexity index is 2300. The SMILES string of the molecule is Fc1ccc(-c2nn(C(c3ccccc3)(c3ccccc3)C3C=CC=CC3)cc2-c2ccc3ncc(-c4noc(C(F)F)n4)n3c2)c(F)c1. The summed E-state index contributed by atoms with van der Waals surface area (Å²) < 4.78 is 64.7. The van der Waals surface area contributed by atoms with Gasteiger partial charge in [0.15, 0.2) is 0 Å². The number of imidazole rings is 1. The van der Waals surface area contributed by atoms with Crippen LogP contribution >= 0.6 is 0 Å². The van der Waals surface area contributed by atoms with Crippen LogP contribution in [0.15, 0.2) is 138 Å². The molecular formula is C38H26F4N6O. The van der Waals surface area contributed by atoms with Gasteiger partial charge in [-0.3, -0.25) is 9.08 Å². The van der Waals surface area contributed by atoms with Crippen molar-refractivity contribution in [2.75, 3.05) is 0 Å². The van der Waals surface area contributed by atoms with E-state index in [1.165, 1.54) is 18.3 Å². The van der Waals surface area contributed by atoms with Crippen LogP contribution in [-0.2, 0) is 5.54 Å². The van der Waals surface area contributed by atoms with Gasteiger partial charge in [0.2, 0.25) is 5.82 Å². The fourth-order valence-corrected chi connectivity index (χ4v) is 6.68. The molecule has 7 nitrogen and oxygen atoms in total. The highest BCUT2D eigenvalue weighted by atomic mass is 19.3. The summed E-state index contributed by atoms with van der Waals surface area (Å²) in [5.74, 6) is -2.46. The van der Waals surface area contributed by atoms with Crippen molar-refractivity contribution in [3.8, 4) is 33.9 Å². The molecule has 0 bridgehead atoms. The van der Waals surface area contributed by atoms with Gasteiger partial charge < -0.3 is 4.52 Å². The predicted octanol–water partition coefficient (Wildman–Crippen LogP) is 9.05. The van der Waals surface area contributed by atoms with Crippen molar-refractivity contribution in [2.24, 2.45) is 5.92 Å². The lowest BCUT2D eigenvalue weighted by molar-refractivity contribution is 0.106. The molecule has 4 heterocycles. The lowest BCUT2D eigenvalue weighted by Gasteiger charge is -2.41. The van der Waals surface area contributed by atoms with Gasteiger partial charge in [-0.25, -0.2) is 13.8 Å². The molecule has 1 aliphatic carbocycles. The molecule has 4 aromatic heterocycles. The number of benzene rings is 3. The highest BCUT2D eigenvalue weighted by Crippen LogP contribution is 2.46. The van der Waals surface area contributed by atoms with E-state index in [2.05, 4.69) is 51.5 Å². The number of alkyl halides is 2.